The molecule has 0 atom stereocenters. The molecule has 1 fully saturated rings. The van der Waals surface area contributed by atoms with Gasteiger partial charge >= 0.3 is 0 Å². The van der Waals surface area contributed by atoms with Crippen molar-refractivity contribution in [1.29, 1.82) is 0 Å². The Balaban J connectivity index is 2.12. The zero-order chi connectivity index (χ0) is 9.80. The van der Waals surface area contributed by atoms with Crippen molar-refractivity contribution < 1.29 is 0 Å². The summed E-state index contributed by atoms with van der Waals surface area (Å²) in [7, 11) is 0. The summed E-state index contributed by atoms with van der Waals surface area (Å²) < 4.78 is 0. The first-order valence-electron chi connectivity index (χ1n) is 5.10. The van der Waals surface area contributed by atoms with Crippen LogP contribution in [0.3, 0.4) is 0 Å². The topological polar surface area (TPSA) is 29.0 Å². The van der Waals surface area contributed by atoms with Crippen LogP contribution >= 0.6 is 11.6 Å². The number of nitrogens with zero attached hydrogens (tertiary/aromatic N) is 3. The Morgan fingerprint density at radius 3 is 2.50 bits per heavy atom. The molecule has 1 aliphatic heterocycles. The molecule has 0 saturated carbocycles. The van der Waals surface area contributed by atoms with Gasteiger partial charge in [-0.25, -0.2) is 9.97 Å². The van der Waals surface area contributed by atoms with Crippen LogP contribution < -0.4 is 4.90 Å². The third kappa shape index (κ3) is 2.35. The quantitative estimate of drug-likeness (QED) is 0.669. The number of aromatic nitrogens is 2. The molecule has 0 amide bonds. The van der Waals surface area contributed by atoms with E-state index in [0.29, 0.717) is 5.15 Å². The van der Waals surface area contributed by atoms with E-state index in [9.17, 15) is 0 Å². The fourth-order valence-corrected chi connectivity index (χ4v) is 1.88. The van der Waals surface area contributed by atoms with Gasteiger partial charge in [-0.05, 0) is 18.9 Å². The van der Waals surface area contributed by atoms with Crippen LogP contribution in [0.25, 0.3) is 0 Å². The summed E-state index contributed by atoms with van der Waals surface area (Å²) in [5.41, 5.74) is 0. The van der Waals surface area contributed by atoms with Gasteiger partial charge in [-0.2, -0.15) is 0 Å². The number of anilines is 1. The van der Waals surface area contributed by atoms with E-state index < -0.39 is 0 Å². The Labute approximate surface area is 89.1 Å². The van der Waals surface area contributed by atoms with E-state index in [1.807, 2.05) is 0 Å². The van der Waals surface area contributed by atoms with Gasteiger partial charge in [0.15, 0.2) is 0 Å². The second-order valence-electron chi connectivity index (χ2n) is 3.58. The maximum atomic E-state index is 5.83. The van der Waals surface area contributed by atoms with Gasteiger partial charge < -0.3 is 4.90 Å². The molecule has 1 aromatic rings. The Bertz CT molecular complexity index is 295. The van der Waals surface area contributed by atoms with Crippen molar-refractivity contribution in [3.8, 4) is 0 Å². The fourth-order valence-electron chi connectivity index (χ4n) is 1.75. The normalized spacial score (nSPS) is 17.9. The van der Waals surface area contributed by atoms with Crippen molar-refractivity contribution in [3.05, 3.63) is 17.4 Å². The molecule has 1 aromatic heterocycles. The predicted molar refractivity (Wildman–Crippen MR) is 57.7 cm³/mol. The van der Waals surface area contributed by atoms with E-state index in [1.54, 1.807) is 12.3 Å². The number of hydrogen-bond donors (Lipinski definition) is 0. The van der Waals surface area contributed by atoms with Crippen LogP contribution in [-0.4, -0.2) is 23.1 Å². The molecule has 0 radical (unpaired) electrons. The van der Waals surface area contributed by atoms with Crippen molar-refractivity contribution in [1.82, 2.24) is 9.97 Å². The highest BCUT2D eigenvalue weighted by Crippen LogP contribution is 2.16. The first-order chi connectivity index (χ1) is 6.86. The Morgan fingerprint density at radius 2 is 1.86 bits per heavy atom. The van der Waals surface area contributed by atoms with Gasteiger partial charge in [0.05, 0.1) is 0 Å². The van der Waals surface area contributed by atoms with Crippen LogP contribution in [0.15, 0.2) is 12.3 Å². The van der Waals surface area contributed by atoms with E-state index >= 15 is 0 Å². The molecule has 1 saturated heterocycles. The molecule has 3 nitrogen and oxygen atoms in total. The highest BCUT2D eigenvalue weighted by atomic mass is 35.5. The van der Waals surface area contributed by atoms with Gasteiger partial charge in [-0.15, -0.1) is 0 Å². The van der Waals surface area contributed by atoms with Gasteiger partial charge in [-0.3, -0.25) is 0 Å². The van der Waals surface area contributed by atoms with Crippen LogP contribution in [0.5, 0.6) is 0 Å². The highest BCUT2D eigenvalue weighted by molar-refractivity contribution is 6.29. The summed E-state index contributed by atoms with van der Waals surface area (Å²) in [6.07, 6.45) is 6.81. The Morgan fingerprint density at radius 1 is 1.14 bits per heavy atom. The maximum Gasteiger partial charge on any atom is 0.226 e. The average Bonchev–Trinajstić information content (AvgIpc) is 2.45. The summed E-state index contributed by atoms with van der Waals surface area (Å²) in [6, 6.07) is 1.71. The van der Waals surface area contributed by atoms with Crippen LogP contribution in [0.1, 0.15) is 25.7 Å². The number of rotatable bonds is 1. The molecule has 4 heteroatoms. The SMILES string of the molecule is Clc1ccnc(N2CCCCCC2)n1. The second kappa shape index (κ2) is 4.60. The minimum Gasteiger partial charge on any atom is -0.341 e. The lowest BCUT2D eigenvalue weighted by atomic mass is 10.2. The molecule has 2 heterocycles. The summed E-state index contributed by atoms with van der Waals surface area (Å²) >= 11 is 5.83. The zero-order valence-electron chi connectivity index (χ0n) is 8.12. The third-order valence-electron chi connectivity index (χ3n) is 2.50. The molecule has 0 spiro atoms. The van der Waals surface area contributed by atoms with Gasteiger partial charge in [0.1, 0.15) is 5.15 Å². The summed E-state index contributed by atoms with van der Waals surface area (Å²) in [6.45, 7) is 2.11. The molecule has 0 unspecified atom stereocenters. The Kier molecular flexibility index (Phi) is 3.19. The number of halogens is 1. The molecule has 0 N–H and O–H groups in total. The molecular weight excluding hydrogens is 198 g/mol. The molecule has 1 aliphatic rings. The summed E-state index contributed by atoms with van der Waals surface area (Å²) in [5.74, 6) is 0.777. The second-order valence-corrected chi connectivity index (χ2v) is 3.97. The van der Waals surface area contributed by atoms with Crippen LogP contribution in [0.2, 0.25) is 5.15 Å². The molecular formula is C10H14ClN3. The molecule has 0 aromatic carbocycles. The fraction of sp³-hybridized carbons (Fsp3) is 0.600. The lowest BCUT2D eigenvalue weighted by molar-refractivity contribution is 0.726. The first-order valence-corrected chi connectivity index (χ1v) is 5.47. The zero-order valence-corrected chi connectivity index (χ0v) is 8.87. The lowest BCUT2D eigenvalue weighted by Crippen LogP contribution is -2.25. The van der Waals surface area contributed by atoms with Crippen LogP contribution in [0.4, 0.5) is 5.95 Å². The summed E-state index contributed by atoms with van der Waals surface area (Å²) in [4.78, 5) is 10.7. The van der Waals surface area contributed by atoms with Gasteiger partial charge in [0, 0.05) is 19.3 Å². The first kappa shape index (κ1) is 9.71. The van der Waals surface area contributed by atoms with E-state index in [-0.39, 0.29) is 0 Å². The van der Waals surface area contributed by atoms with E-state index in [0.717, 1.165) is 19.0 Å². The van der Waals surface area contributed by atoms with Crippen LogP contribution in [0, 0.1) is 0 Å². The maximum absolute atomic E-state index is 5.83. The molecule has 0 bridgehead atoms. The van der Waals surface area contributed by atoms with Crippen molar-refractivity contribution in [3.63, 3.8) is 0 Å². The smallest absolute Gasteiger partial charge is 0.226 e. The van der Waals surface area contributed by atoms with Gasteiger partial charge in [0.25, 0.3) is 0 Å². The van der Waals surface area contributed by atoms with Gasteiger partial charge in [0.2, 0.25) is 5.95 Å². The van der Waals surface area contributed by atoms with Crippen molar-refractivity contribution in [2.45, 2.75) is 25.7 Å². The van der Waals surface area contributed by atoms with E-state index in [4.69, 9.17) is 11.6 Å². The molecule has 2 rings (SSSR count). The highest BCUT2D eigenvalue weighted by Gasteiger charge is 2.11. The van der Waals surface area contributed by atoms with Crippen LogP contribution in [-0.2, 0) is 0 Å². The minimum atomic E-state index is 0.527. The average molecular weight is 212 g/mol. The van der Waals surface area contributed by atoms with Crippen molar-refractivity contribution in [2.75, 3.05) is 18.0 Å². The standard InChI is InChI=1S/C10H14ClN3/c11-9-5-6-12-10(13-9)14-7-3-1-2-4-8-14/h5-6H,1-4,7-8H2. The third-order valence-corrected chi connectivity index (χ3v) is 2.71. The van der Waals surface area contributed by atoms with Crippen molar-refractivity contribution >= 4 is 17.5 Å². The molecule has 76 valence electrons. The largest absolute Gasteiger partial charge is 0.341 e. The molecule has 0 aliphatic carbocycles. The molecule has 14 heavy (non-hydrogen) atoms. The lowest BCUT2D eigenvalue weighted by Gasteiger charge is -2.19. The number of hydrogen-bond acceptors (Lipinski definition) is 3. The van der Waals surface area contributed by atoms with E-state index in [2.05, 4.69) is 14.9 Å². The summed E-state index contributed by atoms with van der Waals surface area (Å²) in [5, 5.41) is 0.527. The Hall–Kier alpha value is -0.830. The monoisotopic (exact) mass is 211 g/mol. The van der Waals surface area contributed by atoms with Crippen molar-refractivity contribution in [2.24, 2.45) is 0 Å². The van der Waals surface area contributed by atoms with E-state index in [1.165, 1.54) is 25.7 Å². The van der Waals surface area contributed by atoms with Gasteiger partial charge in [-0.1, -0.05) is 24.4 Å². The predicted octanol–water partition coefficient (Wildman–Crippen LogP) is 2.51. The minimum absolute atomic E-state index is 0.527.